The van der Waals surface area contributed by atoms with Crippen molar-refractivity contribution >= 4 is 39.2 Å². The van der Waals surface area contributed by atoms with Crippen LogP contribution in [0.25, 0.3) is 10.9 Å². The zero-order valence-corrected chi connectivity index (χ0v) is 13.7. The lowest BCUT2D eigenvalue weighted by molar-refractivity contribution is 0.415. The molecule has 1 unspecified atom stereocenters. The van der Waals surface area contributed by atoms with Crippen molar-refractivity contribution in [3.63, 3.8) is 0 Å². The molecule has 0 amide bonds. The Morgan fingerprint density at radius 3 is 2.91 bits per heavy atom. The van der Waals surface area contributed by atoms with Crippen molar-refractivity contribution in [3.05, 3.63) is 53.2 Å². The fourth-order valence-corrected chi connectivity index (χ4v) is 3.33. The fourth-order valence-electron chi connectivity index (χ4n) is 2.21. The summed E-state index contributed by atoms with van der Waals surface area (Å²) in [6.07, 6.45) is 1.66. The number of halogens is 1. The highest BCUT2D eigenvalue weighted by atomic mass is 35.5. The highest BCUT2D eigenvalue weighted by molar-refractivity contribution is 7.86. The van der Waals surface area contributed by atoms with Gasteiger partial charge in [0.2, 0.25) is 0 Å². The smallest absolute Gasteiger partial charge is 0.150 e. The first-order chi connectivity index (χ1) is 11.1. The third-order valence-electron chi connectivity index (χ3n) is 3.33. The van der Waals surface area contributed by atoms with Crippen molar-refractivity contribution < 1.29 is 8.95 Å². The number of methoxy groups -OCH3 is 1. The van der Waals surface area contributed by atoms with Crippen LogP contribution in [0.3, 0.4) is 0 Å². The number of ether oxygens (including phenoxy) is 1. The van der Waals surface area contributed by atoms with Crippen LogP contribution in [0.1, 0.15) is 5.56 Å². The summed E-state index contributed by atoms with van der Waals surface area (Å²) in [5.74, 6) is 0.601. The zero-order chi connectivity index (χ0) is 16.4. The average Bonchev–Trinajstić information content (AvgIpc) is 2.96. The zero-order valence-electron chi connectivity index (χ0n) is 12.1. The van der Waals surface area contributed by atoms with Gasteiger partial charge in [-0.1, -0.05) is 17.7 Å². The number of rotatable bonds is 4. The van der Waals surface area contributed by atoms with Crippen LogP contribution in [0.4, 0.5) is 5.69 Å². The highest BCUT2D eigenvalue weighted by Crippen LogP contribution is 2.33. The summed E-state index contributed by atoms with van der Waals surface area (Å²) < 4.78 is 20.7. The number of anilines is 1. The first-order valence-corrected chi connectivity index (χ1v) is 8.18. The summed E-state index contributed by atoms with van der Waals surface area (Å²) in [6, 6.07) is 12.2. The van der Waals surface area contributed by atoms with Crippen molar-refractivity contribution in [1.29, 1.82) is 5.26 Å². The van der Waals surface area contributed by atoms with E-state index in [9.17, 15) is 4.21 Å². The topological polar surface area (TPSA) is 77.9 Å². The molecule has 5 nitrogen and oxygen atoms in total. The third kappa shape index (κ3) is 3.02. The lowest BCUT2D eigenvalue weighted by atomic mass is 10.2. The first kappa shape index (κ1) is 15.4. The SMILES string of the molecule is COc1cc(NS(=O)c2cccc(C#N)c2)c2[nH]cc(Cl)c2c1. The summed E-state index contributed by atoms with van der Waals surface area (Å²) in [5, 5.41) is 10.3. The van der Waals surface area contributed by atoms with Gasteiger partial charge < -0.3 is 9.72 Å². The maximum absolute atomic E-state index is 12.5. The Kier molecular flexibility index (Phi) is 4.24. The molecule has 0 radical (unpaired) electrons. The molecule has 2 N–H and O–H groups in total. The maximum Gasteiger partial charge on any atom is 0.150 e. The highest BCUT2D eigenvalue weighted by Gasteiger charge is 2.12. The Balaban J connectivity index is 2.00. The molecule has 23 heavy (non-hydrogen) atoms. The van der Waals surface area contributed by atoms with Crippen molar-refractivity contribution in [1.82, 2.24) is 4.98 Å². The molecular weight excluding hydrogens is 334 g/mol. The Morgan fingerprint density at radius 2 is 2.17 bits per heavy atom. The van der Waals surface area contributed by atoms with E-state index in [4.69, 9.17) is 21.6 Å². The van der Waals surface area contributed by atoms with Crippen molar-refractivity contribution in [2.75, 3.05) is 11.8 Å². The van der Waals surface area contributed by atoms with Crippen LogP contribution in [-0.4, -0.2) is 16.3 Å². The monoisotopic (exact) mass is 345 g/mol. The molecule has 3 aromatic rings. The molecule has 7 heteroatoms. The van der Waals surface area contributed by atoms with Gasteiger partial charge in [-0.05, 0) is 24.3 Å². The molecule has 2 aromatic carbocycles. The van der Waals surface area contributed by atoms with E-state index >= 15 is 0 Å². The molecule has 1 heterocycles. The second-order valence-corrected chi connectivity index (χ2v) is 6.36. The molecule has 0 fully saturated rings. The number of aromatic amines is 1. The Bertz CT molecular complexity index is 946. The third-order valence-corrected chi connectivity index (χ3v) is 4.73. The van der Waals surface area contributed by atoms with Crippen LogP contribution in [0, 0.1) is 11.3 Å². The van der Waals surface area contributed by atoms with Gasteiger partial charge in [-0.2, -0.15) is 5.26 Å². The minimum absolute atomic E-state index is 0.455. The summed E-state index contributed by atoms with van der Waals surface area (Å²) >= 11 is 6.14. The van der Waals surface area contributed by atoms with Gasteiger partial charge in [-0.25, -0.2) is 4.21 Å². The van der Waals surface area contributed by atoms with E-state index in [1.165, 1.54) is 0 Å². The molecule has 0 saturated heterocycles. The Labute approximate surface area is 140 Å². The standard InChI is InChI=1S/C16H12ClN3O2S/c1-22-11-6-13-14(17)9-19-16(13)15(7-11)20-23(21)12-4-2-3-10(5-12)8-18/h2-7,9,19-20H,1H3. The number of H-pyrrole nitrogens is 1. The van der Waals surface area contributed by atoms with Gasteiger partial charge in [-0.3, -0.25) is 4.72 Å². The number of aromatic nitrogens is 1. The quantitative estimate of drug-likeness (QED) is 0.754. The van der Waals surface area contributed by atoms with E-state index < -0.39 is 11.0 Å². The van der Waals surface area contributed by atoms with Crippen molar-refractivity contribution in [2.45, 2.75) is 4.90 Å². The van der Waals surface area contributed by atoms with Gasteiger partial charge in [0.1, 0.15) is 16.7 Å². The van der Waals surface area contributed by atoms with E-state index in [0.29, 0.717) is 26.9 Å². The van der Waals surface area contributed by atoms with Crippen LogP contribution in [0.5, 0.6) is 5.75 Å². The molecule has 116 valence electrons. The molecule has 1 aromatic heterocycles. The molecule has 0 aliphatic carbocycles. The van der Waals surface area contributed by atoms with Crippen LogP contribution >= 0.6 is 11.6 Å². The summed E-state index contributed by atoms with van der Waals surface area (Å²) in [5.41, 5.74) is 1.80. The number of hydrogen-bond acceptors (Lipinski definition) is 3. The molecule has 3 rings (SSSR count). The Hall–Kier alpha value is -2.49. The lowest BCUT2D eigenvalue weighted by Crippen LogP contribution is -2.05. The number of hydrogen-bond donors (Lipinski definition) is 2. The number of benzene rings is 2. The minimum Gasteiger partial charge on any atom is -0.497 e. The Morgan fingerprint density at radius 1 is 1.35 bits per heavy atom. The van der Waals surface area contributed by atoms with Gasteiger partial charge in [0, 0.05) is 17.6 Å². The fraction of sp³-hybridized carbons (Fsp3) is 0.0625. The van der Waals surface area contributed by atoms with Gasteiger partial charge in [-0.15, -0.1) is 0 Å². The number of nitrogens with zero attached hydrogens (tertiary/aromatic N) is 1. The normalized spacial score (nSPS) is 11.9. The lowest BCUT2D eigenvalue weighted by Gasteiger charge is -2.10. The van der Waals surface area contributed by atoms with Gasteiger partial charge >= 0.3 is 0 Å². The second kappa shape index (κ2) is 6.32. The molecule has 0 aliphatic rings. The number of nitriles is 1. The van der Waals surface area contributed by atoms with Crippen molar-refractivity contribution in [3.8, 4) is 11.8 Å². The summed E-state index contributed by atoms with van der Waals surface area (Å²) in [4.78, 5) is 3.56. The van der Waals surface area contributed by atoms with Crippen LogP contribution in [0.15, 0.2) is 47.5 Å². The van der Waals surface area contributed by atoms with Crippen LogP contribution < -0.4 is 9.46 Å². The second-order valence-electron chi connectivity index (χ2n) is 4.74. The average molecular weight is 346 g/mol. The van der Waals surface area contributed by atoms with E-state index in [2.05, 4.69) is 9.71 Å². The van der Waals surface area contributed by atoms with E-state index in [-0.39, 0.29) is 0 Å². The molecule has 0 aliphatic heterocycles. The van der Waals surface area contributed by atoms with Crippen LogP contribution in [0.2, 0.25) is 5.02 Å². The van der Waals surface area contributed by atoms with Gasteiger partial charge in [0.25, 0.3) is 0 Å². The predicted octanol–water partition coefficient (Wildman–Crippen LogP) is 3.84. The maximum atomic E-state index is 12.5. The predicted molar refractivity (Wildman–Crippen MR) is 91.0 cm³/mol. The number of fused-ring (bicyclic) bond motifs is 1. The minimum atomic E-state index is -1.52. The molecule has 0 bridgehead atoms. The summed E-state index contributed by atoms with van der Waals surface area (Å²) in [6.45, 7) is 0. The largest absolute Gasteiger partial charge is 0.497 e. The molecule has 1 atom stereocenters. The molecular formula is C16H12ClN3O2S. The summed E-state index contributed by atoms with van der Waals surface area (Å²) in [7, 11) is 0.0314. The van der Waals surface area contributed by atoms with E-state index in [1.54, 1.807) is 49.7 Å². The molecule has 0 saturated carbocycles. The van der Waals surface area contributed by atoms with E-state index in [0.717, 1.165) is 10.9 Å². The van der Waals surface area contributed by atoms with E-state index in [1.807, 2.05) is 6.07 Å². The van der Waals surface area contributed by atoms with Crippen molar-refractivity contribution in [2.24, 2.45) is 0 Å². The number of nitrogens with one attached hydrogen (secondary N) is 2. The first-order valence-electron chi connectivity index (χ1n) is 6.65. The molecule has 0 spiro atoms. The van der Waals surface area contributed by atoms with Crippen LogP contribution in [-0.2, 0) is 11.0 Å². The van der Waals surface area contributed by atoms with Gasteiger partial charge in [0.15, 0.2) is 0 Å². The van der Waals surface area contributed by atoms with Gasteiger partial charge in [0.05, 0.1) is 39.9 Å².